The van der Waals surface area contributed by atoms with E-state index < -0.39 is 48.0 Å². The van der Waals surface area contributed by atoms with E-state index in [0.717, 1.165) is 69.8 Å². The van der Waals surface area contributed by atoms with Crippen molar-refractivity contribution in [2.75, 3.05) is 78.5 Å². The fraction of sp³-hybridized carbons (Fsp3) is 0.692. The Bertz CT molecular complexity index is 1520. The topological polar surface area (TPSA) is 163 Å². The van der Waals surface area contributed by atoms with Crippen molar-refractivity contribution >= 4 is 34.5 Å². The normalized spacial score (nSPS) is 20.3. The minimum atomic E-state index is -1.19. The molecule has 2 aromatic rings. The van der Waals surface area contributed by atoms with Gasteiger partial charge in [0.2, 0.25) is 23.6 Å². The van der Waals surface area contributed by atoms with Gasteiger partial charge in [-0.15, -0.1) is 0 Å². The number of β-amino-alcohol motifs (C(OH)–C–C–N with tert-alkyl or cyclic N) is 1. The number of aromatic nitrogens is 1. The molecule has 3 unspecified atom stereocenters. The van der Waals surface area contributed by atoms with E-state index in [1.807, 2.05) is 55.9 Å². The lowest BCUT2D eigenvalue weighted by Gasteiger charge is -2.38. The van der Waals surface area contributed by atoms with Crippen LogP contribution < -0.4 is 26.6 Å². The number of aliphatic hydroxyl groups excluding tert-OH is 1. The van der Waals surface area contributed by atoms with Gasteiger partial charge in [0.15, 0.2) is 0 Å². The van der Waals surface area contributed by atoms with E-state index in [4.69, 9.17) is 0 Å². The second-order valence-corrected chi connectivity index (χ2v) is 16.6. The SMILES string of the molecule is CC(=O)N1CC(O)CC1C(=O)N(CC(=O)NCCCN1CCNCCNCCNCC1)C(C(=O)NC(C)(C)CC(C)(C)C)c1cn(C)c2ccccc12. The number of nitrogens with zero attached hydrogens (tertiary/aromatic N) is 4. The summed E-state index contributed by atoms with van der Waals surface area (Å²) in [5.74, 6) is -1.73. The first-order valence-electron chi connectivity index (χ1n) is 19.3. The highest BCUT2D eigenvalue weighted by atomic mass is 16.3. The number of carbonyl (C=O) groups is 4. The zero-order valence-electron chi connectivity index (χ0n) is 33.1. The third-order valence-electron chi connectivity index (χ3n) is 9.92. The van der Waals surface area contributed by atoms with Crippen LogP contribution in [0.25, 0.3) is 10.9 Å². The maximum absolute atomic E-state index is 14.7. The molecule has 0 saturated carbocycles. The molecule has 53 heavy (non-hydrogen) atoms. The molecule has 2 saturated heterocycles. The minimum absolute atomic E-state index is 0.00789. The van der Waals surface area contributed by atoms with Gasteiger partial charge in [0, 0.05) is 114 Å². The van der Waals surface area contributed by atoms with Gasteiger partial charge in [0.05, 0.1) is 6.10 Å². The van der Waals surface area contributed by atoms with E-state index in [2.05, 4.69) is 52.3 Å². The van der Waals surface area contributed by atoms with Crippen molar-refractivity contribution in [3.63, 3.8) is 0 Å². The van der Waals surface area contributed by atoms with Crippen molar-refractivity contribution in [3.05, 3.63) is 36.0 Å². The fourth-order valence-electron chi connectivity index (χ4n) is 7.98. The van der Waals surface area contributed by atoms with Gasteiger partial charge in [0.25, 0.3) is 0 Å². The maximum atomic E-state index is 14.7. The summed E-state index contributed by atoms with van der Waals surface area (Å²) in [6, 6.07) is 5.45. The predicted octanol–water partition coefficient (Wildman–Crippen LogP) is 0.951. The number of hydrogen-bond donors (Lipinski definition) is 6. The minimum Gasteiger partial charge on any atom is -0.391 e. The summed E-state index contributed by atoms with van der Waals surface area (Å²) in [6.07, 6.45) is 2.34. The van der Waals surface area contributed by atoms with Crippen LogP contribution in [0.2, 0.25) is 0 Å². The zero-order valence-corrected chi connectivity index (χ0v) is 33.1. The summed E-state index contributed by atoms with van der Waals surface area (Å²) in [4.78, 5) is 61.0. The third-order valence-corrected chi connectivity index (χ3v) is 9.92. The monoisotopic (exact) mass is 740 g/mol. The Morgan fingerprint density at radius 3 is 2.21 bits per heavy atom. The zero-order chi connectivity index (χ0) is 38.8. The third kappa shape index (κ3) is 12.5. The molecule has 1 aromatic carbocycles. The molecule has 4 amide bonds. The summed E-state index contributed by atoms with van der Waals surface area (Å²) in [5.41, 5.74) is 0.706. The highest BCUT2D eigenvalue weighted by Crippen LogP contribution is 2.34. The van der Waals surface area contributed by atoms with Gasteiger partial charge < -0.3 is 51.0 Å². The maximum Gasteiger partial charge on any atom is 0.247 e. The molecular weight excluding hydrogens is 674 g/mol. The van der Waals surface area contributed by atoms with Crippen LogP contribution in [-0.2, 0) is 26.2 Å². The number of rotatable bonds is 12. The Morgan fingerprint density at radius 1 is 0.962 bits per heavy atom. The molecule has 4 rings (SSSR count). The van der Waals surface area contributed by atoms with Crippen LogP contribution in [0.15, 0.2) is 30.5 Å². The van der Waals surface area contributed by atoms with Crippen LogP contribution in [0.4, 0.5) is 0 Å². The number of fused-ring (bicyclic) bond motifs is 1. The molecule has 14 heteroatoms. The summed E-state index contributed by atoms with van der Waals surface area (Å²) in [7, 11) is 1.88. The average Bonchev–Trinajstić information content (AvgIpc) is 3.62. The lowest BCUT2D eigenvalue weighted by atomic mass is 9.81. The van der Waals surface area contributed by atoms with Gasteiger partial charge in [-0.2, -0.15) is 0 Å². The number of aliphatic hydroxyl groups is 1. The number of para-hydroxylation sites is 1. The van der Waals surface area contributed by atoms with Crippen LogP contribution >= 0.6 is 0 Å². The first-order valence-corrected chi connectivity index (χ1v) is 19.3. The summed E-state index contributed by atoms with van der Waals surface area (Å²) in [6.45, 7) is 19.6. The van der Waals surface area contributed by atoms with Gasteiger partial charge in [0.1, 0.15) is 18.6 Å². The molecule has 2 aliphatic rings. The van der Waals surface area contributed by atoms with Crippen LogP contribution in [0, 0.1) is 5.41 Å². The summed E-state index contributed by atoms with van der Waals surface area (Å²) < 4.78 is 1.91. The summed E-state index contributed by atoms with van der Waals surface area (Å²) in [5, 5.41) is 28.0. The van der Waals surface area contributed by atoms with E-state index in [9.17, 15) is 24.3 Å². The molecule has 3 heterocycles. The van der Waals surface area contributed by atoms with Gasteiger partial charge in [-0.1, -0.05) is 39.0 Å². The molecule has 1 aromatic heterocycles. The molecule has 0 spiro atoms. The molecular formula is C39H65N9O5. The number of benzene rings is 1. The van der Waals surface area contributed by atoms with Gasteiger partial charge in [-0.3, -0.25) is 19.2 Å². The van der Waals surface area contributed by atoms with Crippen molar-refractivity contribution in [1.29, 1.82) is 0 Å². The van der Waals surface area contributed by atoms with Crippen molar-refractivity contribution in [3.8, 4) is 0 Å². The molecule has 2 aliphatic heterocycles. The number of hydrogen-bond acceptors (Lipinski definition) is 9. The largest absolute Gasteiger partial charge is 0.391 e. The lowest BCUT2D eigenvalue weighted by molar-refractivity contribution is -0.150. The Morgan fingerprint density at radius 2 is 1.58 bits per heavy atom. The van der Waals surface area contributed by atoms with E-state index in [1.165, 1.54) is 16.7 Å². The molecule has 6 N–H and O–H groups in total. The molecule has 0 bridgehead atoms. The highest BCUT2D eigenvalue weighted by molar-refractivity contribution is 5.98. The van der Waals surface area contributed by atoms with E-state index in [-0.39, 0.29) is 24.3 Å². The highest BCUT2D eigenvalue weighted by Gasteiger charge is 2.45. The quantitative estimate of drug-likeness (QED) is 0.174. The lowest BCUT2D eigenvalue weighted by Crippen LogP contribution is -2.56. The first-order chi connectivity index (χ1) is 25.1. The smallest absolute Gasteiger partial charge is 0.247 e. The van der Waals surface area contributed by atoms with Gasteiger partial charge >= 0.3 is 0 Å². The van der Waals surface area contributed by atoms with Crippen LogP contribution in [-0.4, -0.2) is 144 Å². The number of carbonyl (C=O) groups excluding carboxylic acids is 4. The van der Waals surface area contributed by atoms with Crippen molar-refractivity contribution < 1.29 is 24.3 Å². The summed E-state index contributed by atoms with van der Waals surface area (Å²) >= 11 is 0. The average molecular weight is 740 g/mol. The van der Waals surface area contributed by atoms with Crippen molar-refractivity contribution in [2.24, 2.45) is 12.5 Å². The van der Waals surface area contributed by atoms with Crippen molar-refractivity contribution in [1.82, 2.24) is 45.9 Å². The van der Waals surface area contributed by atoms with Crippen LogP contribution in [0.3, 0.4) is 0 Å². The number of nitrogens with one attached hydrogen (secondary N) is 5. The van der Waals surface area contributed by atoms with Gasteiger partial charge in [-0.05, 0) is 44.7 Å². The molecule has 296 valence electrons. The Kier molecular flexibility index (Phi) is 15.2. The van der Waals surface area contributed by atoms with Gasteiger partial charge in [-0.25, -0.2) is 0 Å². The Labute approximate surface area is 315 Å². The first kappa shape index (κ1) is 42.2. The Balaban J connectivity index is 1.61. The molecule has 14 nitrogen and oxygen atoms in total. The molecule has 2 fully saturated rings. The van der Waals surface area contributed by atoms with Crippen molar-refractivity contribution in [2.45, 2.75) is 84.5 Å². The second kappa shape index (κ2) is 19.2. The Hall–Kier alpha value is -3.56. The second-order valence-electron chi connectivity index (χ2n) is 16.6. The predicted molar refractivity (Wildman–Crippen MR) is 208 cm³/mol. The van der Waals surface area contributed by atoms with E-state index >= 15 is 0 Å². The molecule has 0 radical (unpaired) electrons. The molecule has 3 atom stereocenters. The number of aryl methyl sites for hydroxylation is 1. The number of likely N-dealkylation sites (tertiary alicyclic amines) is 1. The standard InChI is InChI=1S/C39H65N9O5/c1-28(49)47-24-29(50)23-33(47)37(53)48(26-34(51)43-13-10-20-46-21-18-41-16-14-40-15-17-42-19-22-46)35(36(52)44-39(5,6)27-38(2,3)4)31-25-45(7)32-12-9-8-11-30(31)32/h8-9,11-12,25,29,33,35,40-42,50H,10,13-24,26-27H2,1-7H3,(H,43,51)(H,44,52). The van der Waals surface area contributed by atoms with Crippen LogP contribution in [0.1, 0.15) is 72.4 Å². The number of amides is 4. The van der Waals surface area contributed by atoms with E-state index in [0.29, 0.717) is 24.9 Å². The molecule has 0 aliphatic carbocycles. The fourth-order valence-corrected chi connectivity index (χ4v) is 7.98. The van der Waals surface area contributed by atoms with Crippen LogP contribution in [0.5, 0.6) is 0 Å². The van der Waals surface area contributed by atoms with E-state index in [1.54, 1.807) is 0 Å².